The molecule has 158 valence electrons. The highest BCUT2D eigenvalue weighted by Crippen LogP contribution is 2.23. The van der Waals surface area contributed by atoms with Crippen molar-refractivity contribution in [3.63, 3.8) is 0 Å². The average Bonchev–Trinajstić information content (AvgIpc) is 3.47. The molecular formula is C25H20N4O3. The Hall–Kier alpha value is -4.39. The molecule has 0 atom stereocenters. The predicted octanol–water partition coefficient (Wildman–Crippen LogP) is 3.71. The number of rotatable bonds is 6. The van der Waals surface area contributed by atoms with Crippen molar-refractivity contribution in [2.45, 2.75) is 13.1 Å². The minimum atomic E-state index is -0.327. The average molecular weight is 424 g/mol. The molecule has 1 aromatic heterocycles. The Morgan fingerprint density at radius 2 is 1.69 bits per heavy atom. The highest BCUT2D eigenvalue weighted by Gasteiger charge is 2.24. The van der Waals surface area contributed by atoms with Gasteiger partial charge in [0, 0.05) is 18.9 Å². The molecule has 0 saturated carbocycles. The summed E-state index contributed by atoms with van der Waals surface area (Å²) in [5, 5.41) is 7.36. The summed E-state index contributed by atoms with van der Waals surface area (Å²) in [5.41, 5.74) is 2.51. The lowest BCUT2D eigenvalue weighted by molar-refractivity contribution is 0.0947. The Bertz CT molecular complexity index is 1370. The van der Waals surface area contributed by atoms with Crippen molar-refractivity contribution in [3.8, 4) is 16.9 Å². The van der Waals surface area contributed by atoms with E-state index in [-0.39, 0.29) is 18.0 Å². The highest BCUT2D eigenvalue weighted by atomic mass is 16.3. The molecule has 5 rings (SSSR count). The van der Waals surface area contributed by atoms with Crippen LogP contribution in [0.2, 0.25) is 0 Å². The van der Waals surface area contributed by atoms with E-state index < -0.39 is 0 Å². The van der Waals surface area contributed by atoms with Crippen LogP contribution in [-0.2, 0) is 13.1 Å². The number of nitrogens with one attached hydrogen (secondary N) is 1. The monoisotopic (exact) mass is 424 g/mol. The third kappa shape index (κ3) is 3.83. The lowest BCUT2D eigenvalue weighted by atomic mass is 10.1. The third-order valence-electron chi connectivity index (χ3n) is 5.18. The number of carbonyl (C=O) groups excluding carboxylic acids is 1. The Morgan fingerprint density at radius 3 is 2.41 bits per heavy atom. The van der Waals surface area contributed by atoms with Crippen molar-refractivity contribution >= 4 is 5.91 Å². The molecule has 0 aliphatic carbocycles. The van der Waals surface area contributed by atoms with Gasteiger partial charge in [-0.3, -0.25) is 9.59 Å². The van der Waals surface area contributed by atoms with Crippen LogP contribution in [0.25, 0.3) is 16.9 Å². The van der Waals surface area contributed by atoms with Gasteiger partial charge in [-0.1, -0.05) is 48.5 Å². The van der Waals surface area contributed by atoms with Gasteiger partial charge in [0.1, 0.15) is 11.5 Å². The van der Waals surface area contributed by atoms with Crippen LogP contribution < -0.4 is 10.9 Å². The maximum atomic E-state index is 13.2. The number of hydrogen-bond acceptors (Lipinski definition) is 4. The lowest BCUT2D eigenvalue weighted by Crippen LogP contribution is -2.24. The van der Waals surface area contributed by atoms with Crippen LogP contribution in [0.4, 0.5) is 0 Å². The first-order valence-corrected chi connectivity index (χ1v) is 10.2. The standard InChI is InChI=1S/C25H20N4O3/c30-24(26-14-20-12-7-13-32-20)21-16-28(15-18-8-3-1-4-9-18)17-22-23(21)27-29(25(22)31)19-10-5-2-6-11-19/h1-13,16-17H,14-15H2,(H,26,30). The largest absolute Gasteiger partial charge is 0.467 e. The van der Waals surface area contributed by atoms with Gasteiger partial charge in [-0.2, -0.15) is 9.78 Å². The number of amides is 1. The molecular weight excluding hydrogens is 404 g/mol. The predicted molar refractivity (Wildman–Crippen MR) is 120 cm³/mol. The lowest BCUT2D eigenvalue weighted by Gasteiger charge is -2.13. The zero-order chi connectivity index (χ0) is 21.9. The second kappa shape index (κ2) is 8.39. The molecule has 0 bridgehead atoms. The molecule has 0 unspecified atom stereocenters. The number of fused-ring (bicyclic) bond motifs is 1. The van der Waals surface area contributed by atoms with E-state index in [1.807, 2.05) is 65.2 Å². The van der Waals surface area contributed by atoms with Gasteiger partial charge in [0.05, 0.1) is 29.6 Å². The van der Waals surface area contributed by atoms with Crippen LogP contribution in [-0.4, -0.2) is 20.3 Å². The molecule has 2 aliphatic rings. The van der Waals surface area contributed by atoms with Crippen molar-refractivity contribution < 1.29 is 9.21 Å². The third-order valence-corrected chi connectivity index (χ3v) is 5.18. The Morgan fingerprint density at radius 1 is 0.938 bits per heavy atom. The second-order valence-electron chi connectivity index (χ2n) is 7.41. The summed E-state index contributed by atoms with van der Waals surface area (Å²) in [6.07, 6.45) is 5.04. The van der Waals surface area contributed by atoms with E-state index in [2.05, 4.69) is 10.4 Å². The zero-order valence-corrected chi connectivity index (χ0v) is 17.1. The molecule has 2 aliphatic heterocycles. The van der Waals surface area contributed by atoms with Gasteiger partial charge in [-0.15, -0.1) is 0 Å². The Kier molecular flexibility index (Phi) is 5.13. The number of aromatic nitrogens is 3. The summed E-state index contributed by atoms with van der Waals surface area (Å²) in [7, 11) is 0. The van der Waals surface area contributed by atoms with Crippen molar-refractivity contribution in [2.75, 3.05) is 0 Å². The maximum Gasteiger partial charge on any atom is 0.282 e. The number of carbonyl (C=O) groups is 1. The van der Waals surface area contributed by atoms with Gasteiger partial charge in [-0.25, -0.2) is 0 Å². The van der Waals surface area contributed by atoms with E-state index in [9.17, 15) is 9.59 Å². The van der Waals surface area contributed by atoms with Gasteiger partial charge in [-0.05, 0) is 29.8 Å². The van der Waals surface area contributed by atoms with E-state index in [0.29, 0.717) is 34.8 Å². The summed E-state index contributed by atoms with van der Waals surface area (Å²) in [4.78, 5) is 26.3. The molecule has 3 heterocycles. The van der Waals surface area contributed by atoms with E-state index in [1.165, 1.54) is 4.68 Å². The second-order valence-corrected chi connectivity index (χ2v) is 7.41. The molecule has 3 aromatic rings. The first kappa shape index (κ1) is 19.6. The van der Waals surface area contributed by atoms with Gasteiger partial charge in [0.15, 0.2) is 0 Å². The molecule has 0 radical (unpaired) electrons. The molecule has 32 heavy (non-hydrogen) atoms. The van der Waals surface area contributed by atoms with E-state index in [0.717, 1.165) is 5.56 Å². The first-order valence-electron chi connectivity index (χ1n) is 10.2. The van der Waals surface area contributed by atoms with Crippen LogP contribution in [0.3, 0.4) is 0 Å². The van der Waals surface area contributed by atoms with E-state index >= 15 is 0 Å². The van der Waals surface area contributed by atoms with Gasteiger partial charge < -0.3 is 14.3 Å². The Labute approximate surface area is 183 Å². The molecule has 1 N–H and O–H groups in total. The minimum absolute atomic E-state index is 0.241. The van der Waals surface area contributed by atoms with E-state index in [4.69, 9.17) is 4.42 Å². The summed E-state index contributed by atoms with van der Waals surface area (Å²) in [5.74, 6) is 0.313. The van der Waals surface area contributed by atoms with Crippen LogP contribution in [0.15, 0.2) is 101 Å². The molecule has 1 amide bonds. The number of para-hydroxylation sites is 1. The summed E-state index contributed by atoms with van der Waals surface area (Å²) < 4.78 is 8.48. The smallest absolute Gasteiger partial charge is 0.282 e. The quantitative estimate of drug-likeness (QED) is 0.451. The molecule has 0 saturated heterocycles. The number of pyridine rings is 1. The van der Waals surface area contributed by atoms with Crippen molar-refractivity contribution in [3.05, 3.63) is 119 Å². The number of furan rings is 1. The van der Waals surface area contributed by atoms with Gasteiger partial charge in [0.25, 0.3) is 11.5 Å². The summed E-state index contributed by atoms with van der Waals surface area (Å²) >= 11 is 0. The van der Waals surface area contributed by atoms with Crippen LogP contribution in [0, 0.1) is 0 Å². The molecule has 0 spiro atoms. The molecule has 7 heteroatoms. The van der Waals surface area contributed by atoms with Crippen molar-refractivity contribution in [2.24, 2.45) is 0 Å². The number of benzene rings is 2. The van der Waals surface area contributed by atoms with Crippen molar-refractivity contribution in [1.82, 2.24) is 19.7 Å². The normalized spacial score (nSPS) is 11.0. The fraction of sp³-hybridized carbons (Fsp3) is 0.0800. The molecule has 2 aromatic carbocycles. The summed E-state index contributed by atoms with van der Waals surface area (Å²) in [6, 6.07) is 22.6. The molecule has 7 nitrogen and oxygen atoms in total. The Balaban J connectivity index is 1.59. The fourth-order valence-corrected chi connectivity index (χ4v) is 3.63. The highest BCUT2D eigenvalue weighted by molar-refractivity contribution is 5.99. The SMILES string of the molecule is O=C(NCc1ccco1)c1cn(Cc2ccccc2)cc2c(=O)n(-c3ccccc3)nc1-2. The maximum absolute atomic E-state index is 13.2. The minimum Gasteiger partial charge on any atom is -0.467 e. The van der Waals surface area contributed by atoms with Gasteiger partial charge >= 0.3 is 0 Å². The van der Waals surface area contributed by atoms with Gasteiger partial charge in [0.2, 0.25) is 0 Å². The van der Waals surface area contributed by atoms with Crippen LogP contribution >= 0.6 is 0 Å². The van der Waals surface area contributed by atoms with E-state index in [1.54, 1.807) is 30.8 Å². The zero-order valence-electron chi connectivity index (χ0n) is 17.1. The molecule has 0 fully saturated rings. The summed E-state index contributed by atoms with van der Waals surface area (Å²) in [6.45, 7) is 0.760. The van der Waals surface area contributed by atoms with Crippen molar-refractivity contribution in [1.29, 1.82) is 0 Å². The fourth-order valence-electron chi connectivity index (χ4n) is 3.63. The number of nitrogens with zero attached hydrogens (tertiary/aromatic N) is 3. The first-order chi connectivity index (χ1) is 15.7. The topological polar surface area (TPSA) is 82.1 Å². The van der Waals surface area contributed by atoms with Crippen LogP contribution in [0.1, 0.15) is 21.7 Å². The number of hydrogen-bond donors (Lipinski definition) is 1. The van der Waals surface area contributed by atoms with Crippen LogP contribution in [0.5, 0.6) is 0 Å².